The van der Waals surface area contributed by atoms with Crippen molar-refractivity contribution in [2.45, 2.75) is 32.7 Å². The number of rotatable bonds is 7. The fourth-order valence-electron chi connectivity index (χ4n) is 2.99. The van der Waals surface area contributed by atoms with Gasteiger partial charge in [0.2, 0.25) is 5.91 Å². The molecule has 146 valence electrons. The van der Waals surface area contributed by atoms with Gasteiger partial charge >= 0.3 is 0 Å². The molecule has 3 aromatic rings. The van der Waals surface area contributed by atoms with Crippen LogP contribution >= 0.6 is 0 Å². The van der Waals surface area contributed by atoms with Crippen LogP contribution < -0.4 is 5.32 Å². The number of fused-ring (bicyclic) bond motifs is 1. The Morgan fingerprint density at radius 1 is 1.11 bits per heavy atom. The van der Waals surface area contributed by atoms with Gasteiger partial charge in [-0.15, -0.1) is 0 Å². The fourth-order valence-corrected chi connectivity index (χ4v) is 2.99. The van der Waals surface area contributed by atoms with Crippen LogP contribution in [0.4, 0.5) is 8.78 Å². The van der Waals surface area contributed by atoms with Gasteiger partial charge in [-0.25, -0.2) is 13.8 Å². The number of para-hydroxylation sites is 2. The second-order valence-corrected chi connectivity index (χ2v) is 6.98. The normalized spacial score (nSPS) is 12.3. The monoisotopic (exact) mass is 385 g/mol. The summed E-state index contributed by atoms with van der Waals surface area (Å²) in [7, 11) is 0. The average Bonchev–Trinajstić information content (AvgIpc) is 3.07. The Labute approximate surface area is 161 Å². The minimum atomic E-state index is -0.923. The number of Topliss-reactive ketones (excluding diaryl/α,β-unsaturated/α-hetero) is 1. The molecule has 1 aromatic heterocycles. The second-order valence-electron chi connectivity index (χ2n) is 6.98. The van der Waals surface area contributed by atoms with Crippen molar-refractivity contribution in [3.63, 3.8) is 0 Å². The highest BCUT2D eigenvalue weighted by Crippen LogP contribution is 2.22. The lowest BCUT2D eigenvalue weighted by Gasteiger charge is -2.20. The van der Waals surface area contributed by atoms with E-state index < -0.39 is 17.4 Å². The van der Waals surface area contributed by atoms with Gasteiger partial charge in [0, 0.05) is 18.9 Å². The van der Waals surface area contributed by atoms with E-state index in [-0.39, 0.29) is 36.3 Å². The SMILES string of the molecule is CC(C)C(NC(=O)CCC(=O)c1ccc(F)cc1F)c1nc2ccccc2[nH]1. The number of nitrogens with zero attached hydrogens (tertiary/aromatic N) is 1. The molecule has 0 aliphatic heterocycles. The summed E-state index contributed by atoms with van der Waals surface area (Å²) in [5, 5.41) is 2.89. The maximum absolute atomic E-state index is 13.7. The molecular formula is C21H21F2N3O2. The largest absolute Gasteiger partial charge is 0.346 e. The molecule has 2 aromatic carbocycles. The average molecular weight is 385 g/mol. The highest BCUT2D eigenvalue weighted by atomic mass is 19.1. The van der Waals surface area contributed by atoms with Gasteiger partial charge in [0.1, 0.15) is 17.5 Å². The molecule has 28 heavy (non-hydrogen) atoms. The molecule has 1 unspecified atom stereocenters. The van der Waals surface area contributed by atoms with Crippen molar-refractivity contribution in [1.82, 2.24) is 15.3 Å². The van der Waals surface area contributed by atoms with E-state index in [0.717, 1.165) is 23.2 Å². The topological polar surface area (TPSA) is 74.8 Å². The summed E-state index contributed by atoms with van der Waals surface area (Å²) in [5.74, 6) is -1.85. The van der Waals surface area contributed by atoms with E-state index in [4.69, 9.17) is 0 Å². The zero-order valence-corrected chi connectivity index (χ0v) is 15.6. The third-order valence-corrected chi connectivity index (χ3v) is 4.50. The van der Waals surface area contributed by atoms with Crippen LogP contribution in [0.3, 0.4) is 0 Å². The predicted molar refractivity (Wildman–Crippen MR) is 102 cm³/mol. The molecular weight excluding hydrogens is 364 g/mol. The van der Waals surface area contributed by atoms with Crippen LogP contribution in [0.25, 0.3) is 11.0 Å². The van der Waals surface area contributed by atoms with Crippen LogP contribution in [0.15, 0.2) is 42.5 Å². The Hall–Kier alpha value is -3.09. The minimum absolute atomic E-state index is 0.0646. The summed E-state index contributed by atoms with van der Waals surface area (Å²) in [6.07, 6.45) is -0.265. The number of hydrogen-bond acceptors (Lipinski definition) is 3. The van der Waals surface area contributed by atoms with E-state index in [1.165, 1.54) is 0 Å². The lowest BCUT2D eigenvalue weighted by molar-refractivity contribution is -0.122. The molecule has 0 saturated heterocycles. The van der Waals surface area contributed by atoms with Crippen LogP contribution in [0.1, 0.15) is 48.9 Å². The molecule has 0 fully saturated rings. The fraction of sp³-hybridized carbons (Fsp3) is 0.286. The molecule has 1 atom stereocenters. The van der Waals surface area contributed by atoms with Crippen molar-refractivity contribution in [2.24, 2.45) is 5.92 Å². The van der Waals surface area contributed by atoms with E-state index in [1.807, 2.05) is 38.1 Å². The first-order valence-corrected chi connectivity index (χ1v) is 9.07. The number of imidazole rings is 1. The van der Waals surface area contributed by atoms with E-state index in [0.29, 0.717) is 11.9 Å². The quantitative estimate of drug-likeness (QED) is 0.595. The van der Waals surface area contributed by atoms with Gasteiger partial charge in [-0.2, -0.15) is 0 Å². The first-order valence-electron chi connectivity index (χ1n) is 9.07. The molecule has 7 heteroatoms. The van der Waals surface area contributed by atoms with Crippen molar-refractivity contribution in [2.75, 3.05) is 0 Å². The van der Waals surface area contributed by atoms with E-state index in [9.17, 15) is 18.4 Å². The zero-order valence-electron chi connectivity index (χ0n) is 15.6. The first-order chi connectivity index (χ1) is 13.3. The summed E-state index contributed by atoms with van der Waals surface area (Å²) >= 11 is 0. The molecule has 0 radical (unpaired) electrons. The van der Waals surface area contributed by atoms with E-state index >= 15 is 0 Å². The van der Waals surface area contributed by atoms with Crippen molar-refractivity contribution in [3.05, 3.63) is 65.5 Å². The van der Waals surface area contributed by atoms with Crippen molar-refractivity contribution >= 4 is 22.7 Å². The third-order valence-electron chi connectivity index (χ3n) is 4.50. The summed E-state index contributed by atoms with van der Waals surface area (Å²) in [6, 6.07) is 9.99. The Bertz CT molecular complexity index is 981. The Morgan fingerprint density at radius 3 is 2.54 bits per heavy atom. The number of benzene rings is 2. The van der Waals surface area contributed by atoms with Gasteiger partial charge in [0.15, 0.2) is 5.78 Å². The maximum atomic E-state index is 13.7. The van der Waals surface area contributed by atoms with Gasteiger partial charge in [-0.05, 0) is 30.2 Å². The number of carbonyl (C=O) groups excluding carboxylic acids is 2. The highest BCUT2D eigenvalue weighted by Gasteiger charge is 2.22. The van der Waals surface area contributed by atoms with Crippen LogP contribution in [0.5, 0.6) is 0 Å². The Balaban J connectivity index is 1.65. The number of ketones is 1. The summed E-state index contributed by atoms with van der Waals surface area (Å²) in [4.78, 5) is 32.2. The molecule has 0 spiro atoms. The summed E-state index contributed by atoms with van der Waals surface area (Å²) in [6.45, 7) is 3.91. The Kier molecular flexibility index (Phi) is 5.82. The van der Waals surface area contributed by atoms with Crippen LogP contribution in [0.2, 0.25) is 0 Å². The molecule has 3 rings (SSSR count). The van der Waals surface area contributed by atoms with Crippen molar-refractivity contribution in [3.8, 4) is 0 Å². The maximum Gasteiger partial charge on any atom is 0.221 e. The highest BCUT2D eigenvalue weighted by molar-refractivity contribution is 5.98. The number of carbonyl (C=O) groups is 2. The molecule has 0 aliphatic carbocycles. The van der Waals surface area contributed by atoms with Gasteiger partial charge < -0.3 is 10.3 Å². The van der Waals surface area contributed by atoms with Gasteiger partial charge in [-0.3, -0.25) is 9.59 Å². The molecule has 1 heterocycles. The van der Waals surface area contributed by atoms with Crippen molar-refractivity contribution < 1.29 is 18.4 Å². The van der Waals surface area contributed by atoms with E-state index in [1.54, 1.807) is 0 Å². The lowest BCUT2D eigenvalue weighted by Crippen LogP contribution is -2.32. The predicted octanol–water partition coefficient (Wildman–Crippen LogP) is 4.32. The van der Waals surface area contributed by atoms with Crippen LogP contribution in [-0.2, 0) is 4.79 Å². The lowest BCUT2D eigenvalue weighted by atomic mass is 10.0. The summed E-state index contributed by atoms with van der Waals surface area (Å²) < 4.78 is 26.6. The third kappa shape index (κ3) is 4.42. The number of aromatic nitrogens is 2. The molecule has 5 nitrogen and oxygen atoms in total. The van der Waals surface area contributed by atoms with Gasteiger partial charge in [0.25, 0.3) is 0 Å². The van der Waals surface area contributed by atoms with Crippen LogP contribution in [0, 0.1) is 17.6 Å². The Morgan fingerprint density at radius 2 is 1.86 bits per heavy atom. The standard InChI is InChI=1S/C21H21F2N3O2/c1-12(2)20(21-24-16-5-3-4-6-17(16)25-21)26-19(28)10-9-18(27)14-8-7-13(22)11-15(14)23/h3-8,11-12,20H,9-10H2,1-2H3,(H,24,25)(H,26,28). The number of amides is 1. The minimum Gasteiger partial charge on any atom is -0.346 e. The molecule has 0 saturated carbocycles. The number of aromatic amines is 1. The zero-order chi connectivity index (χ0) is 20.3. The first kappa shape index (κ1) is 19.7. The molecule has 0 bridgehead atoms. The van der Waals surface area contributed by atoms with Crippen molar-refractivity contribution in [1.29, 1.82) is 0 Å². The van der Waals surface area contributed by atoms with Crippen LogP contribution in [-0.4, -0.2) is 21.7 Å². The van der Waals surface area contributed by atoms with E-state index in [2.05, 4.69) is 15.3 Å². The molecule has 2 N–H and O–H groups in total. The van der Waals surface area contributed by atoms with Gasteiger partial charge in [-0.1, -0.05) is 26.0 Å². The number of H-pyrrole nitrogens is 1. The molecule has 0 aliphatic rings. The summed E-state index contributed by atoms with van der Waals surface area (Å²) in [5.41, 5.74) is 1.46. The van der Waals surface area contributed by atoms with Gasteiger partial charge in [0.05, 0.1) is 22.6 Å². The smallest absolute Gasteiger partial charge is 0.221 e. The second kappa shape index (κ2) is 8.29. The number of nitrogens with one attached hydrogen (secondary N) is 2. The number of halogens is 2. The molecule has 1 amide bonds. The number of hydrogen-bond donors (Lipinski definition) is 2.